The molecule has 1 aliphatic heterocycles. The maximum atomic E-state index is 12.9. The van der Waals surface area contributed by atoms with Gasteiger partial charge in [0.1, 0.15) is 0 Å². The van der Waals surface area contributed by atoms with Gasteiger partial charge in [0, 0.05) is 10.2 Å². The molecule has 8 heteroatoms. The summed E-state index contributed by atoms with van der Waals surface area (Å²) in [7, 11) is -4.11. The number of amides is 1. The molecule has 1 unspecified atom stereocenters. The lowest BCUT2D eigenvalue weighted by Crippen LogP contribution is -2.52. The van der Waals surface area contributed by atoms with Crippen molar-refractivity contribution in [2.75, 3.05) is 5.32 Å². The molecule has 2 aromatic rings. The summed E-state index contributed by atoms with van der Waals surface area (Å²) in [6.07, 6.45) is 2.17. The van der Waals surface area contributed by atoms with E-state index in [-0.39, 0.29) is 16.4 Å². The van der Waals surface area contributed by atoms with Crippen LogP contribution in [0.5, 0.6) is 0 Å². The number of rotatable bonds is 5. The van der Waals surface area contributed by atoms with Gasteiger partial charge in [0.05, 0.1) is 10.9 Å². The summed E-state index contributed by atoms with van der Waals surface area (Å²) in [5.41, 5.74) is 6.69. The van der Waals surface area contributed by atoms with Crippen LogP contribution in [0.2, 0.25) is 0 Å². The summed E-state index contributed by atoms with van der Waals surface area (Å²) in [6.45, 7) is 4.21. The largest absolute Gasteiger partial charge is 0.378 e. The van der Waals surface area contributed by atoms with E-state index in [0.29, 0.717) is 12.8 Å². The van der Waals surface area contributed by atoms with Gasteiger partial charge >= 0.3 is 0 Å². The van der Waals surface area contributed by atoms with E-state index < -0.39 is 21.6 Å². The minimum Gasteiger partial charge on any atom is -0.378 e. The summed E-state index contributed by atoms with van der Waals surface area (Å²) in [5, 5.41) is 3.53. The molecule has 1 aliphatic carbocycles. The van der Waals surface area contributed by atoms with Gasteiger partial charge in [0.15, 0.2) is 5.60 Å². The average molecular weight is 493 g/mol. The van der Waals surface area contributed by atoms with Crippen molar-refractivity contribution in [2.24, 2.45) is 5.73 Å². The smallest absolute Gasteiger partial charge is 0.298 e. The second kappa shape index (κ2) is 7.35. The van der Waals surface area contributed by atoms with Gasteiger partial charge in [-0.15, -0.1) is 0 Å². The van der Waals surface area contributed by atoms with E-state index in [1.54, 1.807) is 12.1 Å². The van der Waals surface area contributed by atoms with Crippen molar-refractivity contribution in [2.45, 2.75) is 61.5 Å². The van der Waals surface area contributed by atoms with Crippen LogP contribution in [0.15, 0.2) is 51.8 Å². The van der Waals surface area contributed by atoms with Crippen LogP contribution >= 0.6 is 15.9 Å². The van der Waals surface area contributed by atoms with E-state index in [4.69, 9.17) is 9.92 Å². The molecule has 3 N–H and O–H groups in total. The Morgan fingerprint density at radius 1 is 1.20 bits per heavy atom. The molecule has 30 heavy (non-hydrogen) atoms. The Labute approximate surface area is 185 Å². The molecular formula is C22H25BrN2O4S. The van der Waals surface area contributed by atoms with Crippen molar-refractivity contribution in [3.05, 3.63) is 58.1 Å². The maximum absolute atomic E-state index is 12.9. The number of nitrogens with one attached hydrogen (secondary N) is 1. The highest BCUT2D eigenvalue weighted by Gasteiger charge is 2.48. The first-order valence-electron chi connectivity index (χ1n) is 9.95. The van der Waals surface area contributed by atoms with E-state index in [1.807, 2.05) is 12.1 Å². The van der Waals surface area contributed by atoms with Gasteiger partial charge in [0.2, 0.25) is 0 Å². The zero-order valence-corrected chi connectivity index (χ0v) is 19.3. The van der Waals surface area contributed by atoms with E-state index in [2.05, 4.69) is 47.2 Å². The SMILES string of the molecule is CC1(C)CC(c2cccc(Br)c2)Nc2ccc(S(=O)(=O)OC3(C(N)=O)CCC3)cc21. The Kier molecular flexibility index (Phi) is 5.23. The van der Waals surface area contributed by atoms with Gasteiger partial charge in [-0.2, -0.15) is 8.42 Å². The van der Waals surface area contributed by atoms with E-state index in [9.17, 15) is 13.2 Å². The van der Waals surface area contributed by atoms with Crippen LogP contribution in [0.1, 0.15) is 56.7 Å². The van der Waals surface area contributed by atoms with Crippen molar-refractivity contribution in [3.8, 4) is 0 Å². The average Bonchev–Trinajstić information content (AvgIpc) is 2.63. The first-order valence-corrected chi connectivity index (χ1v) is 12.1. The molecule has 1 amide bonds. The first-order chi connectivity index (χ1) is 14.0. The molecule has 4 rings (SSSR count). The molecule has 0 spiro atoms. The Morgan fingerprint density at radius 3 is 2.53 bits per heavy atom. The summed E-state index contributed by atoms with van der Waals surface area (Å²) in [6, 6.07) is 13.2. The molecule has 2 aliphatic rings. The standard InChI is InChI=1S/C22H25BrN2O4S/c1-21(2)13-19(14-5-3-6-15(23)11-14)25-18-8-7-16(12-17(18)21)30(27,28)29-22(20(24)26)9-4-10-22/h3,5-8,11-12,19,25H,4,9-10,13H2,1-2H3,(H2,24,26). The molecule has 6 nitrogen and oxygen atoms in total. The highest BCUT2D eigenvalue weighted by atomic mass is 79.9. The summed E-state index contributed by atoms with van der Waals surface area (Å²) in [4.78, 5) is 11.8. The van der Waals surface area contributed by atoms with Crippen molar-refractivity contribution in [3.63, 3.8) is 0 Å². The van der Waals surface area contributed by atoms with Crippen LogP contribution in [-0.2, 0) is 24.5 Å². The molecule has 1 fully saturated rings. The number of nitrogens with two attached hydrogens (primary N) is 1. The van der Waals surface area contributed by atoms with Crippen molar-refractivity contribution >= 4 is 37.6 Å². The summed E-state index contributed by atoms with van der Waals surface area (Å²) < 4.78 is 32.2. The minimum absolute atomic E-state index is 0.0459. The lowest BCUT2D eigenvalue weighted by Gasteiger charge is -2.40. The monoisotopic (exact) mass is 492 g/mol. The lowest BCUT2D eigenvalue weighted by molar-refractivity contribution is -0.140. The first kappa shape index (κ1) is 21.3. The highest BCUT2D eigenvalue weighted by molar-refractivity contribution is 9.10. The third-order valence-electron chi connectivity index (χ3n) is 6.18. The molecule has 1 heterocycles. The maximum Gasteiger partial charge on any atom is 0.298 e. The molecule has 0 aromatic heterocycles. The molecule has 1 saturated carbocycles. The van der Waals surface area contributed by atoms with Crippen LogP contribution in [0, 0.1) is 0 Å². The topological polar surface area (TPSA) is 98.5 Å². The molecular weight excluding hydrogens is 468 g/mol. The zero-order valence-electron chi connectivity index (χ0n) is 16.9. The number of fused-ring (bicyclic) bond motifs is 1. The molecule has 1 atom stereocenters. The lowest BCUT2D eigenvalue weighted by atomic mass is 9.74. The van der Waals surface area contributed by atoms with Crippen LogP contribution in [0.25, 0.3) is 0 Å². The van der Waals surface area contributed by atoms with Crippen LogP contribution in [-0.4, -0.2) is 19.9 Å². The van der Waals surface area contributed by atoms with Crippen molar-refractivity contribution < 1.29 is 17.4 Å². The fourth-order valence-electron chi connectivity index (χ4n) is 4.28. The zero-order chi connectivity index (χ0) is 21.7. The quantitative estimate of drug-likeness (QED) is 0.602. The van der Waals surface area contributed by atoms with Gasteiger partial charge in [-0.25, -0.2) is 4.18 Å². The Bertz CT molecular complexity index is 1110. The molecule has 160 valence electrons. The summed E-state index contributed by atoms with van der Waals surface area (Å²) in [5.74, 6) is -0.728. The van der Waals surface area contributed by atoms with E-state index >= 15 is 0 Å². The van der Waals surface area contributed by atoms with Crippen molar-refractivity contribution in [1.82, 2.24) is 0 Å². The van der Waals surface area contributed by atoms with Gasteiger partial charge in [-0.3, -0.25) is 4.79 Å². The minimum atomic E-state index is -4.11. The molecule has 2 aromatic carbocycles. The third kappa shape index (κ3) is 3.76. The van der Waals surface area contributed by atoms with Gasteiger partial charge in [-0.1, -0.05) is 41.9 Å². The predicted molar refractivity (Wildman–Crippen MR) is 119 cm³/mol. The van der Waals surface area contributed by atoms with Crippen LogP contribution in [0.3, 0.4) is 0 Å². The second-order valence-corrected chi connectivity index (χ2v) is 11.3. The number of carbonyl (C=O) groups excluding carboxylic acids is 1. The molecule has 0 radical (unpaired) electrons. The van der Waals surface area contributed by atoms with Crippen LogP contribution in [0.4, 0.5) is 5.69 Å². The number of hydrogen-bond donors (Lipinski definition) is 2. The number of anilines is 1. The fraction of sp³-hybridized carbons (Fsp3) is 0.409. The van der Waals surface area contributed by atoms with Crippen molar-refractivity contribution in [1.29, 1.82) is 0 Å². The number of benzene rings is 2. The second-order valence-electron chi connectivity index (χ2n) is 8.80. The van der Waals surface area contributed by atoms with Gasteiger partial charge in [0.25, 0.3) is 16.0 Å². The van der Waals surface area contributed by atoms with Gasteiger partial charge in [-0.05, 0) is 72.6 Å². The van der Waals surface area contributed by atoms with E-state index in [0.717, 1.165) is 34.1 Å². The number of carbonyl (C=O) groups is 1. The molecule has 0 bridgehead atoms. The Balaban J connectivity index is 1.66. The van der Waals surface area contributed by atoms with E-state index in [1.165, 1.54) is 6.07 Å². The Hall–Kier alpha value is -1.90. The molecule has 0 saturated heterocycles. The van der Waals surface area contributed by atoms with Gasteiger partial charge < -0.3 is 11.1 Å². The van der Waals surface area contributed by atoms with Crippen LogP contribution < -0.4 is 11.1 Å². The third-order valence-corrected chi connectivity index (χ3v) is 8.05. The number of hydrogen-bond acceptors (Lipinski definition) is 5. The highest BCUT2D eigenvalue weighted by Crippen LogP contribution is 2.45. The number of halogens is 1. The fourth-order valence-corrected chi connectivity index (χ4v) is 5.95. The summed E-state index contributed by atoms with van der Waals surface area (Å²) >= 11 is 3.52. The Morgan fingerprint density at radius 2 is 1.93 bits per heavy atom. The predicted octanol–water partition coefficient (Wildman–Crippen LogP) is 4.40. The normalized spacial score (nSPS) is 21.8. The number of primary amides is 1.